The number of halogens is 3. The first-order valence-electron chi connectivity index (χ1n) is 7.29. The first kappa shape index (κ1) is 21.3. The minimum atomic E-state index is -3.78. The number of carbonyl (C=O) groups excluding carboxylic acids is 1. The van der Waals surface area contributed by atoms with Crippen molar-refractivity contribution in [3.63, 3.8) is 0 Å². The fourth-order valence-corrected chi connectivity index (χ4v) is 2.72. The van der Waals surface area contributed by atoms with E-state index in [4.69, 9.17) is 39.9 Å². The molecule has 0 fully saturated rings. The number of anilines is 1. The van der Waals surface area contributed by atoms with Crippen LogP contribution in [0.2, 0.25) is 0 Å². The van der Waals surface area contributed by atoms with Crippen molar-refractivity contribution in [3.05, 3.63) is 24.3 Å². The molecule has 0 unspecified atom stereocenters. The topological polar surface area (TPSA) is 101 Å². The Morgan fingerprint density at radius 1 is 1.21 bits per heavy atom. The summed E-state index contributed by atoms with van der Waals surface area (Å²) >= 11 is 17.7. The van der Waals surface area contributed by atoms with Crippen LogP contribution in [0.1, 0.15) is 32.6 Å². The van der Waals surface area contributed by atoms with Gasteiger partial charge in [0.2, 0.25) is 19.7 Å². The van der Waals surface area contributed by atoms with Crippen LogP contribution in [-0.4, -0.2) is 24.3 Å². The summed E-state index contributed by atoms with van der Waals surface area (Å²) in [7, 11) is -3.78. The third-order valence-corrected chi connectivity index (χ3v) is 4.72. The Balaban J connectivity index is 2.78. The maximum atomic E-state index is 11.9. The summed E-state index contributed by atoms with van der Waals surface area (Å²) in [4.78, 5) is 11.9. The SMILES string of the molecule is CCCCCC(=O)N[C@H](Nc1ccc(S(N)(=O)=O)cc1)C(Cl)(Cl)Cl. The van der Waals surface area contributed by atoms with E-state index in [2.05, 4.69) is 10.6 Å². The van der Waals surface area contributed by atoms with Crippen molar-refractivity contribution >= 4 is 56.4 Å². The van der Waals surface area contributed by atoms with E-state index in [-0.39, 0.29) is 10.8 Å². The number of hydrogen-bond donors (Lipinski definition) is 3. The summed E-state index contributed by atoms with van der Waals surface area (Å²) in [5.41, 5.74) is 0.465. The summed E-state index contributed by atoms with van der Waals surface area (Å²) in [5.74, 6) is -0.242. The Bertz CT molecular complexity index is 645. The second-order valence-corrected chi connectivity index (χ2v) is 9.14. The number of amides is 1. The van der Waals surface area contributed by atoms with Gasteiger partial charge in [0.25, 0.3) is 0 Å². The molecule has 1 aromatic rings. The fourth-order valence-electron chi connectivity index (χ4n) is 1.88. The van der Waals surface area contributed by atoms with Gasteiger partial charge in [-0.1, -0.05) is 54.6 Å². The molecule has 0 saturated carbocycles. The van der Waals surface area contributed by atoms with E-state index >= 15 is 0 Å². The highest BCUT2D eigenvalue weighted by Gasteiger charge is 2.33. The summed E-state index contributed by atoms with van der Waals surface area (Å²) < 4.78 is 20.7. The fraction of sp³-hybridized carbons (Fsp3) is 0.500. The Labute approximate surface area is 157 Å². The lowest BCUT2D eigenvalue weighted by molar-refractivity contribution is -0.121. The summed E-state index contributed by atoms with van der Waals surface area (Å²) in [5, 5.41) is 10.5. The van der Waals surface area contributed by atoms with Gasteiger partial charge >= 0.3 is 0 Å². The minimum Gasteiger partial charge on any atom is -0.362 e. The largest absolute Gasteiger partial charge is 0.362 e. The molecule has 1 atom stereocenters. The first-order valence-corrected chi connectivity index (χ1v) is 9.97. The number of hydrogen-bond acceptors (Lipinski definition) is 4. The highest BCUT2D eigenvalue weighted by Crippen LogP contribution is 2.31. The van der Waals surface area contributed by atoms with Crippen molar-refractivity contribution < 1.29 is 13.2 Å². The standard InChI is InChI=1S/C14H20Cl3N3O3S/c1-2-3-4-5-12(21)20-13(14(15,16)17)19-10-6-8-11(9-7-10)24(18,22)23/h6-9,13,19H,2-5H2,1H3,(H,20,21)(H2,18,22,23)/t13-/m0/s1. The molecule has 0 aliphatic carbocycles. The monoisotopic (exact) mass is 415 g/mol. The molecule has 0 bridgehead atoms. The molecule has 0 radical (unpaired) electrons. The molecule has 0 spiro atoms. The third-order valence-electron chi connectivity index (χ3n) is 3.13. The molecular formula is C14H20Cl3N3O3S. The van der Waals surface area contributed by atoms with Gasteiger partial charge in [-0.3, -0.25) is 4.79 Å². The lowest BCUT2D eigenvalue weighted by Crippen LogP contribution is -2.49. The number of rotatable bonds is 8. The van der Waals surface area contributed by atoms with Crippen molar-refractivity contribution in [3.8, 4) is 0 Å². The van der Waals surface area contributed by atoms with E-state index in [0.717, 1.165) is 19.3 Å². The number of nitrogens with two attached hydrogens (primary N) is 1. The minimum absolute atomic E-state index is 0.0397. The molecule has 4 N–H and O–H groups in total. The van der Waals surface area contributed by atoms with Crippen LogP contribution >= 0.6 is 34.8 Å². The number of benzene rings is 1. The molecule has 1 rings (SSSR count). The summed E-state index contributed by atoms with van der Waals surface area (Å²) in [6, 6.07) is 5.56. The molecule has 1 aromatic carbocycles. The molecule has 136 valence electrons. The van der Waals surface area contributed by atoms with Crippen molar-refractivity contribution in [2.75, 3.05) is 5.32 Å². The van der Waals surface area contributed by atoms with Gasteiger partial charge in [-0.05, 0) is 30.7 Å². The molecular weight excluding hydrogens is 397 g/mol. The number of primary sulfonamides is 1. The lowest BCUT2D eigenvalue weighted by Gasteiger charge is -2.27. The summed E-state index contributed by atoms with van der Waals surface area (Å²) in [6.07, 6.45) is 2.04. The van der Waals surface area contributed by atoms with Gasteiger partial charge in [0.05, 0.1) is 4.90 Å². The zero-order valence-corrected chi connectivity index (χ0v) is 16.1. The number of alkyl halides is 3. The average Bonchev–Trinajstić information content (AvgIpc) is 2.45. The van der Waals surface area contributed by atoms with E-state index in [1.807, 2.05) is 6.92 Å². The Hall–Kier alpha value is -0.730. The molecule has 10 heteroatoms. The Kier molecular flexibility index (Phi) is 8.08. The maximum absolute atomic E-state index is 11.9. The predicted molar refractivity (Wildman–Crippen MR) is 97.8 cm³/mol. The van der Waals surface area contributed by atoms with Gasteiger partial charge in [0.1, 0.15) is 6.17 Å². The van der Waals surface area contributed by atoms with Crippen molar-refractivity contribution in [2.45, 2.75) is 47.5 Å². The van der Waals surface area contributed by atoms with E-state index in [1.165, 1.54) is 24.3 Å². The van der Waals surface area contributed by atoms with Gasteiger partial charge in [0, 0.05) is 12.1 Å². The zero-order valence-electron chi connectivity index (χ0n) is 13.1. The normalized spacial score (nSPS) is 13.4. The average molecular weight is 417 g/mol. The molecule has 0 heterocycles. The van der Waals surface area contributed by atoms with Crippen molar-refractivity contribution in [1.29, 1.82) is 0 Å². The molecule has 6 nitrogen and oxygen atoms in total. The van der Waals surface area contributed by atoms with E-state index < -0.39 is 20.0 Å². The second-order valence-electron chi connectivity index (χ2n) is 5.21. The van der Waals surface area contributed by atoms with Crippen molar-refractivity contribution in [2.24, 2.45) is 5.14 Å². The maximum Gasteiger partial charge on any atom is 0.238 e. The van der Waals surface area contributed by atoms with Crippen LogP contribution in [0.25, 0.3) is 0 Å². The van der Waals surface area contributed by atoms with Gasteiger partial charge < -0.3 is 10.6 Å². The smallest absolute Gasteiger partial charge is 0.238 e. The van der Waals surface area contributed by atoms with Gasteiger partial charge in [-0.2, -0.15) is 0 Å². The number of carbonyl (C=O) groups is 1. The van der Waals surface area contributed by atoms with E-state index in [1.54, 1.807) is 0 Å². The van der Waals surface area contributed by atoms with Gasteiger partial charge in [-0.15, -0.1) is 0 Å². The molecule has 0 aliphatic heterocycles. The Morgan fingerprint density at radius 3 is 2.25 bits per heavy atom. The summed E-state index contributed by atoms with van der Waals surface area (Å²) in [6.45, 7) is 2.04. The molecule has 1 amide bonds. The van der Waals surface area contributed by atoms with E-state index in [0.29, 0.717) is 12.1 Å². The zero-order chi connectivity index (χ0) is 18.4. The highest BCUT2D eigenvalue weighted by atomic mass is 35.6. The van der Waals surface area contributed by atoms with Crippen molar-refractivity contribution in [1.82, 2.24) is 5.32 Å². The molecule has 24 heavy (non-hydrogen) atoms. The van der Waals surface area contributed by atoms with E-state index in [9.17, 15) is 13.2 Å². The number of sulfonamides is 1. The quantitative estimate of drug-likeness (QED) is 0.344. The molecule has 0 saturated heterocycles. The number of unbranched alkanes of at least 4 members (excludes halogenated alkanes) is 2. The third kappa shape index (κ3) is 7.44. The van der Waals surface area contributed by atoms with Crippen LogP contribution in [0.15, 0.2) is 29.2 Å². The highest BCUT2D eigenvalue weighted by molar-refractivity contribution is 7.89. The van der Waals surface area contributed by atoms with Crippen LogP contribution in [0.3, 0.4) is 0 Å². The van der Waals surface area contributed by atoms with Crippen LogP contribution in [-0.2, 0) is 14.8 Å². The number of nitrogens with one attached hydrogen (secondary N) is 2. The van der Waals surface area contributed by atoms with Crippen LogP contribution < -0.4 is 15.8 Å². The van der Waals surface area contributed by atoms with Gasteiger partial charge in [0.15, 0.2) is 0 Å². The molecule has 0 aliphatic rings. The second kappa shape index (κ2) is 9.10. The lowest BCUT2D eigenvalue weighted by atomic mass is 10.2. The van der Waals surface area contributed by atoms with Crippen LogP contribution in [0.5, 0.6) is 0 Å². The van der Waals surface area contributed by atoms with Gasteiger partial charge in [-0.25, -0.2) is 13.6 Å². The Morgan fingerprint density at radius 2 is 1.79 bits per heavy atom. The molecule has 0 aromatic heterocycles. The van der Waals surface area contributed by atoms with Crippen LogP contribution in [0.4, 0.5) is 5.69 Å². The first-order chi connectivity index (χ1) is 11.0. The van der Waals surface area contributed by atoms with Crippen LogP contribution in [0, 0.1) is 0 Å². The predicted octanol–water partition coefficient (Wildman–Crippen LogP) is 3.14.